The van der Waals surface area contributed by atoms with Crippen molar-refractivity contribution in [2.75, 3.05) is 11.4 Å². The Labute approximate surface area is 127 Å². The third-order valence-corrected chi connectivity index (χ3v) is 4.14. The largest absolute Gasteiger partial charge is 0.481 e. The fraction of sp³-hybridized carbons (Fsp3) is 0.417. The first-order valence-electron chi connectivity index (χ1n) is 6.02. The van der Waals surface area contributed by atoms with E-state index in [1.165, 1.54) is 6.07 Å². The number of benzene rings is 1. The lowest BCUT2D eigenvalue weighted by molar-refractivity contribution is -0.384. The first kappa shape index (κ1) is 14.9. The van der Waals surface area contributed by atoms with Crippen molar-refractivity contribution in [3.05, 3.63) is 31.6 Å². The van der Waals surface area contributed by atoms with Crippen LogP contribution in [0.25, 0.3) is 0 Å². The van der Waals surface area contributed by atoms with E-state index in [-0.39, 0.29) is 27.4 Å². The quantitative estimate of drug-likeness (QED) is 0.483. The number of hydrogen-bond donors (Lipinski definition) is 1. The van der Waals surface area contributed by atoms with Crippen molar-refractivity contribution in [3.8, 4) is 0 Å². The summed E-state index contributed by atoms with van der Waals surface area (Å²) in [6, 6.07) is 1.98. The third-order valence-electron chi connectivity index (χ3n) is 3.31. The molecule has 1 atom stereocenters. The minimum absolute atomic E-state index is 0.106. The van der Waals surface area contributed by atoms with Crippen molar-refractivity contribution in [3.63, 3.8) is 0 Å². The van der Waals surface area contributed by atoms with Crippen LogP contribution in [0.15, 0.2) is 12.1 Å². The second-order valence-electron chi connectivity index (χ2n) is 4.60. The van der Waals surface area contributed by atoms with Crippen molar-refractivity contribution < 1.29 is 19.2 Å². The number of aliphatic carboxylic acids is 1. The predicted octanol–water partition coefficient (Wildman–Crippen LogP) is 2.78. The summed E-state index contributed by atoms with van der Waals surface area (Å²) in [5.41, 5.74) is -0.0234. The average Bonchev–Trinajstić information content (AvgIpc) is 2.79. The van der Waals surface area contributed by atoms with Gasteiger partial charge in [0, 0.05) is 24.7 Å². The maximum absolute atomic E-state index is 13.7. The van der Waals surface area contributed by atoms with Gasteiger partial charge in [0.1, 0.15) is 11.5 Å². The van der Waals surface area contributed by atoms with Crippen molar-refractivity contribution >= 4 is 39.9 Å². The normalized spacial score (nSPS) is 18.3. The van der Waals surface area contributed by atoms with E-state index >= 15 is 0 Å². The number of carbonyl (C=O) groups is 1. The molecular weight excluding hydrogens is 382 g/mol. The monoisotopic (exact) mass is 394 g/mol. The molecule has 1 unspecified atom stereocenters. The van der Waals surface area contributed by atoms with Gasteiger partial charge in [0.05, 0.1) is 14.9 Å². The SMILES string of the molecule is O=C(O)CC1CCCN1c1cc(F)c(I)cc1[N+](=O)[O-]. The lowest BCUT2D eigenvalue weighted by atomic mass is 10.1. The molecule has 1 aliphatic rings. The highest BCUT2D eigenvalue weighted by Gasteiger charge is 2.32. The molecule has 1 aliphatic heterocycles. The second kappa shape index (κ2) is 5.90. The van der Waals surface area contributed by atoms with E-state index in [0.717, 1.165) is 12.5 Å². The van der Waals surface area contributed by atoms with Crippen LogP contribution >= 0.6 is 22.6 Å². The molecule has 0 spiro atoms. The molecule has 1 fully saturated rings. The predicted molar refractivity (Wildman–Crippen MR) is 78.4 cm³/mol. The molecule has 0 amide bonds. The highest BCUT2D eigenvalue weighted by atomic mass is 127. The molecule has 0 bridgehead atoms. The summed E-state index contributed by atoms with van der Waals surface area (Å²) in [4.78, 5) is 23.0. The Balaban J connectivity index is 2.42. The number of anilines is 1. The van der Waals surface area contributed by atoms with Gasteiger partial charge in [0.2, 0.25) is 0 Å². The Morgan fingerprint density at radius 1 is 1.60 bits per heavy atom. The third kappa shape index (κ3) is 3.00. The summed E-state index contributed by atoms with van der Waals surface area (Å²) >= 11 is 1.70. The van der Waals surface area contributed by atoms with Crippen molar-refractivity contribution in [1.82, 2.24) is 0 Å². The highest BCUT2D eigenvalue weighted by molar-refractivity contribution is 14.1. The maximum Gasteiger partial charge on any atom is 0.305 e. The summed E-state index contributed by atoms with van der Waals surface area (Å²) in [6.45, 7) is 0.499. The van der Waals surface area contributed by atoms with Crippen LogP contribution in [-0.2, 0) is 4.79 Å². The van der Waals surface area contributed by atoms with Crippen LogP contribution in [0.1, 0.15) is 19.3 Å². The van der Waals surface area contributed by atoms with Gasteiger partial charge in [-0.15, -0.1) is 0 Å². The van der Waals surface area contributed by atoms with Crippen molar-refractivity contribution in [2.45, 2.75) is 25.3 Å². The lowest BCUT2D eigenvalue weighted by Gasteiger charge is -2.25. The number of nitro groups is 1. The summed E-state index contributed by atoms with van der Waals surface area (Å²) in [5, 5.41) is 20.0. The van der Waals surface area contributed by atoms with Gasteiger partial charge >= 0.3 is 5.97 Å². The molecule has 8 heteroatoms. The molecule has 108 valence electrons. The van der Waals surface area contributed by atoms with Gasteiger partial charge in [0.25, 0.3) is 5.69 Å². The van der Waals surface area contributed by atoms with E-state index in [4.69, 9.17) is 5.11 Å². The van der Waals surface area contributed by atoms with Gasteiger partial charge in [-0.05, 0) is 35.4 Å². The zero-order valence-corrected chi connectivity index (χ0v) is 12.5. The van der Waals surface area contributed by atoms with E-state index in [9.17, 15) is 19.3 Å². The Bertz CT molecular complexity index is 567. The summed E-state index contributed by atoms with van der Waals surface area (Å²) in [6.07, 6.45) is 1.27. The zero-order valence-electron chi connectivity index (χ0n) is 10.4. The summed E-state index contributed by atoms with van der Waals surface area (Å²) in [5.74, 6) is -1.50. The van der Waals surface area contributed by atoms with Crippen LogP contribution in [0.2, 0.25) is 0 Å². The first-order chi connectivity index (χ1) is 9.40. The summed E-state index contributed by atoms with van der Waals surface area (Å²) < 4.78 is 13.9. The molecule has 1 N–H and O–H groups in total. The van der Waals surface area contributed by atoms with E-state index in [2.05, 4.69) is 0 Å². The van der Waals surface area contributed by atoms with Gasteiger partial charge in [-0.25, -0.2) is 4.39 Å². The number of hydrogen-bond acceptors (Lipinski definition) is 4. The van der Waals surface area contributed by atoms with Crippen molar-refractivity contribution in [2.24, 2.45) is 0 Å². The van der Waals surface area contributed by atoms with E-state index < -0.39 is 16.7 Å². The Morgan fingerprint density at radius 2 is 2.30 bits per heavy atom. The lowest BCUT2D eigenvalue weighted by Crippen LogP contribution is -2.31. The standard InChI is InChI=1S/C12H12FIN2O4/c13-8-5-10(11(16(19)20)6-9(8)14)15-3-1-2-7(15)4-12(17)18/h5-7H,1-4H2,(H,17,18). The topological polar surface area (TPSA) is 83.7 Å². The molecule has 0 aromatic heterocycles. The van der Waals surface area contributed by atoms with Crippen LogP contribution in [0, 0.1) is 19.5 Å². The first-order valence-corrected chi connectivity index (χ1v) is 7.10. The Morgan fingerprint density at radius 3 is 2.90 bits per heavy atom. The molecule has 0 saturated carbocycles. The molecule has 1 aromatic carbocycles. The fourth-order valence-corrected chi connectivity index (χ4v) is 2.92. The van der Waals surface area contributed by atoms with Crippen LogP contribution in [0.4, 0.5) is 15.8 Å². The smallest absolute Gasteiger partial charge is 0.305 e. The number of nitro benzene ring substituents is 1. The minimum Gasteiger partial charge on any atom is -0.481 e. The van der Waals surface area contributed by atoms with E-state index in [1.54, 1.807) is 27.5 Å². The molecule has 1 aromatic rings. The number of carboxylic acids is 1. The highest BCUT2D eigenvalue weighted by Crippen LogP contribution is 2.36. The van der Waals surface area contributed by atoms with Crippen LogP contribution in [0.3, 0.4) is 0 Å². The molecule has 0 radical (unpaired) electrons. The molecule has 2 rings (SSSR count). The fourth-order valence-electron chi connectivity index (χ4n) is 2.47. The van der Waals surface area contributed by atoms with Gasteiger partial charge in [-0.1, -0.05) is 0 Å². The molecular formula is C12H12FIN2O4. The number of nitrogens with zero attached hydrogens (tertiary/aromatic N) is 2. The van der Waals surface area contributed by atoms with Gasteiger partial charge in [0.15, 0.2) is 0 Å². The number of halogens is 2. The zero-order chi connectivity index (χ0) is 14.9. The van der Waals surface area contributed by atoms with Crippen LogP contribution < -0.4 is 4.90 Å². The maximum atomic E-state index is 13.7. The van der Waals surface area contributed by atoms with Crippen molar-refractivity contribution in [1.29, 1.82) is 0 Å². The summed E-state index contributed by atoms with van der Waals surface area (Å²) in [7, 11) is 0. The second-order valence-corrected chi connectivity index (χ2v) is 5.76. The van der Waals surface area contributed by atoms with Crippen LogP contribution in [-0.4, -0.2) is 28.6 Å². The Hall–Kier alpha value is -1.45. The average molecular weight is 394 g/mol. The number of rotatable bonds is 4. The van der Waals surface area contributed by atoms with Gasteiger partial charge in [-0.2, -0.15) is 0 Å². The molecule has 20 heavy (non-hydrogen) atoms. The van der Waals surface area contributed by atoms with Gasteiger partial charge < -0.3 is 10.0 Å². The van der Waals surface area contributed by atoms with E-state index in [1.807, 2.05) is 0 Å². The van der Waals surface area contributed by atoms with E-state index in [0.29, 0.717) is 13.0 Å². The molecule has 6 nitrogen and oxygen atoms in total. The molecule has 1 saturated heterocycles. The Kier molecular flexibility index (Phi) is 4.41. The number of carboxylic acid groups (broad SMARTS) is 1. The molecule has 0 aliphatic carbocycles. The van der Waals surface area contributed by atoms with Gasteiger partial charge in [-0.3, -0.25) is 14.9 Å². The minimum atomic E-state index is -0.962. The molecule has 1 heterocycles. The van der Waals surface area contributed by atoms with Crippen LogP contribution in [0.5, 0.6) is 0 Å².